The lowest BCUT2D eigenvalue weighted by molar-refractivity contribution is -0.144. The van der Waals surface area contributed by atoms with Crippen LogP contribution in [0, 0.1) is 11.8 Å². The second kappa shape index (κ2) is 6.40. The zero-order chi connectivity index (χ0) is 14.6. The van der Waals surface area contributed by atoms with Crippen LogP contribution in [0.15, 0.2) is 0 Å². The Morgan fingerprint density at radius 2 is 1.95 bits per heavy atom. The molecule has 0 aromatic heterocycles. The van der Waals surface area contributed by atoms with E-state index in [9.17, 15) is 14.4 Å². The van der Waals surface area contributed by atoms with Gasteiger partial charge in [-0.05, 0) is 0 Å². The summed E-state index contributed by atoms with van der Waals surface area (Å²) >= 11 is 0. The van der Waals surface area contributed by atoms with Crippen molar-refractivity contribution in [3.63, 3.8) is 0 Å². The van der Waals surface area contributed by atoms with Crippen LogP contribution in [0.2, 0.25) is 0 Å². The molecule has 7 nitrogen and oxygen atoms in total. The van der Waals surface area contributed by atoms with E-state index in [0.717, 1.165) is 0 Å². The maximum atomic E-state index is 11.7. The van der Waals surface area contributed by atoms with E-state index in [2.05, 4.69) is 5.32 Å². The molecule has 1 saturated heterocycles. The van der Waals surface area contributed by atoms with Crippen molar-refractivity contribution in [3.8, 4) is 0 Å². The molecule has 0 spiro atoms. The smallest absolute Gasteiger partial charge is 0.317 e. The number of carbonyl (C=O) groups is 3. The Bertz CT molecular complexity index is 364. The lowest BCUT2D eigenvalue weighted by atomic mass is 9.87. The minimum Gasteiger partial charge on any atom is -0.481 e. The highest BCUT2D eigenvalue weighted by Gasteiger charge is 2.36. The standard InChI is InChI=1S/C12H21N3O4/c1-8(11(17)18)9-6-15(7-9)12(19)13-5-4-10(16)14(2)3/h8-9H,4-7H2,1-3H3,(H,13,19)(H,17,18). The number of carboxylic acids is 1. The van der Waals surface area contributed by atoms with Crippen LogP contribution in [-0.4, -0.2) is 66.5 Å². The number of rotatable bonds is 5. The van der Waals surface area contributed by atoms with E-state index in [4.69, 9.17) is 5.11 Å². The maximum absolute atomic E-state index is 11.7. The third-order valence-corrected chi connectivity index (χ3v) is 3.41. The van der Waals surface area contributed by atoms with Crippen molar-refractivity contribution < 1.29 is 19.5 Å². The Kier molecular flexibility index (Phi) is 5.14. The Morgan fingerprint density at radius 3 is 2.42 bits per heavy atom. The second-order valence-corrected chi connectivity index (χ2v) is 5.06. The largest absolute Gasteiger partial charge is 0.481 e. The van der Waals surface area contributed by atoms with Crippen molar-refractivity contribution in [2.45, 2.75) is 13.3 Å². The molecule has 3 amide bonds. The second-order valence-electron chi connectivity index (χ2n) is 5.06. The number of nitrogens with one attached hydrogen (secondary N) is 1. The summed E-state index contributed by atoms with van der Waals surface area (Å²) in [7, 11) is 3.33. The molecule has 0 radical (unpaired) electrons. The number of hydrogen-bond donors (Lipinski definition) is 2. The quantitative estimate of drug-likeness (QED) is 0.726. The number of nitrogens with zero attached hydrogens (tertiary/aromatic N) is 2. The summed E-state index contributed by atoms with van der Waals surface area (Å²) in [6.07, 6.45) is 0.265. The average Bonchev–Trinajstić information content (AvgIpc) is 2.26. The van der Waals surface area contributed by atoms with E-state index in [1.54, 1.807) is 25.9 Å². The molecule has 0 saturated carbocycles. The van der Waals surface area contributed by atoms with Crippen molar-refractivity contribution in [1.82, 2.24) is 15.1 Å². The molecular formula is C12H21N3O4. The molecule has 7 heteroatoms. The summed E-state index contributed by atoms with van der Waals surface area (Å²) < 4.78 is 0. The molecule has 2 N–H and O–H groups in total. The predicted molar refractivity (Wildman–Crippen MR) is 68.6 cm³/mol. The van der Waals surface area contributed by atoms with Crippen molar-refractivity contribution in [1.29, 1.82) is 0 Å². The molecule has 1 fully saturated rings. The fourth-order valence-corrected chi connectivity index (χ4v) is 1.81. The molecule has 1 aliphatic heterocycles. The Morgan fingerprint density at radius 1 is 1.37 bits per heavy atom. The van der Waals surface area contributed by atoms with Gasteiger partial charge in [0.05, 0.1) is 5.92 Å². The number of aliphatic carboxylic acids is 1. The van der Waals surface area contributed by atoms with Gasteiger partial charge in [-0.25, -0.2) is 4.79 Å². The monoisotopic (exact) mass is 271 g/mol. The molecule has 1 atom stereocenters. The van der Waals surface area contributed by atoms with Crippen LogP contribution in [0.5, 0.6) is 0 Å². The lowest BCUT2D eigenvalue weighted by Gasteiger charge is -2.41. The van der Waals surface area contributed by atoms with E-state index in [1.165, 1.54) is 4.90 Å². The number of hydrogen-bond acceptors (Lipinski definition) is 3. The van der Waals surface area contributed by atoms with E-state index in [1.807, 2.05) is 0 Å². The first-order chi connectivity index (χ1) is 8.82. The highest BCUT2D eigenvalue weighted by atomic mass is 16.4. The normalized spacial score (nSPS) is 16.5. The highest BCUT2D eigenvalue weighted by molar-refractivity contribution is 5.78. The first-order valence-corrected chi connectivity index (χ1v) is 6.28. The average molecular weight is 271 g/mol. The van der Waals surface area contributed by atoms with Crippen LogP contribution < -0.4 is 5.32 Å². The molecule has 19 heavy (non-hydrogen) atoms. The molecule has 1 rings (SSSR count). The SMILES string of the molecule is CC(C(=O)O)C1CN(C(=O)NCCC(=O)N(C)C)C1. The van der Waals surface area contributed by atoms with Gasteiger partial charge in [0.25, 0.3) is 0 Å². The van der Waals surface area contributed by atoms with Crippen molar-refractivity contribution >= 4 is 17.9 Å². The van der Waals surface area contributed by atoms with Crippen molar-refractivity contribution in [3.05, 3.63) is 0 Å². The molecular weight excluding hydrogens is 250 g/mol. The number of urea groups is 1. The summed E-state index contributed by atoms with van der Waals surface area (Å²) in [5, 5.41) is 11.5. The van der Waals surface area contributed by atoms with Gasteiger partial charge in [-0.1, -0.05) is 6.92 Å². The minimum atomic E-state index is -0.832. The summed E-state index contributed by atoms with van der Waals surface area (Å²) in [5.41, 5.74) is 0. The van der Waals surface area contributed by atoms with Crippen molar-refractivity contribution in [2.75, 3.05) is 33.7 Å². The van der Waals surface area contributed by atoms with E-state index in [0.29, 0.717) is 19.6 Å². The Balaban J connectivity index is 2.20. The Labute approximate surface area is 112 Å². The van der Waals surface area contributed by atoms with E-state index >= 15 is 0 Å². The molecule has 1 aliphatic rings. The van der Waals surface area contributed by atoms with Gasteiger partial charge in [0, 0.05) is 46.1 Å². The Hall–Kier alpha value is -1.79. The summed E-state index contributed by atoms with van der Waals surface area (Å²) in [4.78, 5) is 36.7. The van der Waals surface area contributed by atoms with Gasteiger partial charge in [-0.3, -0.25) is 9.59 Å². The van der Waals surface area contributed by atoms with Gasteiger partial charge in [-0.2, -0.15) is 0 Å². The van der Waals surface area contributed by atoms with Gasteiger partial charge in [0.1, 0.15) is 0 Å². The van der Waals surface area contributed by atoms with Gasteiger partial charge in [-0.15, -0.1) is 0 Å². The van der Waals surface area contributed by atoms with Gasteiger partial charge < -0.3 is 20.2 Å². The number of carboxylic acid groups (broad SMARTS) is 1. The third-order valence-electron chi connectivity index (χ3n) is 3.41. The molecule has 108 valence electrons. The van der Waals surface area contributed by atoms with Crippen LogP contribution in [-0.2, 0) is 9.59 Å². The van der Waals surface area contributed by atoms with Crippen LogP contribution in [0.25, 0.3) is 0 Å². The summed E-state index contributed by atoms with van der Waals surface area (Å²) in [5.74, 6) is -1.28. The predicted octanol–water partition coefficient (Wildman–Crippen LogP) is -0.173. The topological polar surface area (TPSA) is 90.0 Å². The lowest BCUT2D eigenvalue weighted by Crippen LogP contribution is -2.56. The molecule has 0 bridgehead atoms. The summed E-state index contributed by atoms with van der Waals surface area (Å²) in [6.45, 7) is 2.87. The van der Waals surface area contributed by atoms with Gasteiger partial charge >= 0.3 is 12.0 Å². The molecule has 0 aliphatic carbocycles. The fourth-order valence-electron chi connectivity index (χ4n) is 1.81. The first-order valence-electron chi connectivity index (χ1n) is 6.28. The first kappa shape index (κ1) is 15.3. The fraction of sp³-hybridized carbons (Fsp3) is 0.750. The van der Waals surface area contributed by atoms with Crippen LogP contribution in [0.3, 0.4) is 0 Å². The molecule has 1 unspecified atom stereocenters. The van der Waals surface area contributed by atoms with Crippen LogP contribution in [0.1, 0.15) is 13.3 Å². The minimum absolute atomic E-state index is 0.0201. The number of amides is 3. The molecule has 0 aromatic carbocycles. The number of carbonyl (C=O) groups excluding carboxylic acids is 2. The van der Waals surface area contributed by atoms with Gasteiger partial charge in [0.15, 0.2) is 0 Å². The number of likely N-dealkylation sites (tertiary alicyclic amines) is 1. The van der Waals surface area contributed by atoms with E-state index < -0.39 is 11.9 Å². The zero-order valence-electron chi connectivity index (χ0n) is 11.5. The van der Waals surface area contributed by atoms with E-state index in [-0.39, 0.29) is 24.3 Å². The van der Waals surface area contributed by atoms with Crippen molar-refractivity contribution in [2.24, 2.45) is 11.8 Å². The highest BCUT2D eigenvalue weighted by Crippen LogP contribution is 2.23. The molecule has 1 heterocycles. The van der Waals surface area contributed by atoms with Crippen LogP contribution >= 0.6 is 0 Å². The summed E-state index contributed by atoms with van der Waals surface area (Å²) in [6, 6.07) is -0.236. The van der Waals surface area contributed by atoms with Gasteiger partial charge in [0.2, 0.25) is 5.91 Å². The zero-order valence-corrected chi connectivity index (χ0v) is 11.5. The van der Waals surface area contributed by atoms with Crippen LogP contribution in [0.4, 0.5) is 4.79 Å². The third kappa shape index (κ3) is 4.11. The molecule has 0 aromatic rings. The maximum Gasteiger partial charge on any atom is 0.317 e.